The van der Waals surface area contributed by atoms with E-state index >= 15 is 0 Å². The average molecular weight is 305 g/mol. The van der Waals surface area contributed by atoms with Gasteiger partial charge in [-0.1, -0.05) is 12.8 Å². The number of piperidine rings is 1. The van der Waals surface area contributed by atoms with Crippen molar-refractivity contribution in [1.29, 1.82) is 0 Å². The second-order valence-electron chi connectivity index (χ2n) is 6.72. The number of aromatic nitrogens is 2. The molecule has 5 heteroatoms. The Bertz CT molecular complexity index is 520. The molecule has 2 aliphatic rings. The molecule has 1 amide bonds. The van der Waals surface area contributed by atoms with Crippen molar-refractivity contribution < 1.29 is 9.53 Å². The summed E-state index contributed by atoms with van der Waals surface area (Å²) in [4.78, 5) is 14.4. The van der Waals surface area contributed by atoms with Crippen LogP contribution in [0.15, 0.2) is 6.07 Å². The van der Waals surface area contributed by atoms with Gasteiger partial charge in [0.15, 0.2) is 0 Å². The Balaban J connectivity index is 1.55. The number of ether oxygens (including phenoxy) is 1. The van der Waals surface area contributed by atoms with Gasteiger partial charge in [0.05, 0.1) is 17.8 Å². The summed E-state index contributed by atoms with van der Waals surface area (Å²) in [5, 5.41) is 4.58. The maximum absolute atomic E-state index is 12.4. The first-order valence-corrected chi connectivity index (χ1v) is 8.55. The highest BCUT2D eigenvalue weighted by molar-refractivity contribution is 5.77. The molecular formula is C17H27N3O2. The fraction of sp³-hybridized carbons (Fsp3) is 0.765. The first-order valence-electron chi connectivity index (χ1n) is 8.55. The second kappa shape index (κ2) is 6.82. The van der Waals surface area contributed by atoms with Crippen molar-refractivity contribution in [3.63, 3.8) is 0 Å². The van der Waals surface area contributed by atoms with E-state index < -0.39 is 0 Å². The second-order valence-corrected chi connectivity index (χ2v) is 6.72. The highest BCUT2D eigenvalue weighted by atomic mass is 16.5. The number of aryl methyl sites for hydroxylation is 2. The summed E-state index contributed by atoms with van der Waals surface area (Å²) < 4.78 is 7.86. The Labute approximate surface area is 132 Å². The molecular weight excluding hydrogens is 278 g/mol. The smallest absolute Gasteiger partial charge is 0.248 e. The molecule has 2 heterocycles. The van der Waals surface area contributed by atoms with E-state index in [4.69, 9.17) is 4.74 Å². The zero-order chi connectivity index (χ0) is 15.5. The van der Waals surface area contributed by atoms with Crippen molar-refractivity contribution in [3.8, 4) is 0 Å². The normalized spacial score (nSPS) is 23.2. The standard InChI is InChI=1S/C17H27N3O2/c1-13-10-14(2)20(18-13)15-6-5-9-19(11-15)17(21)12-22-16-7-3-4-8-16/h10,15-16H,3-9,11-12H2,1-2H3/t15-/m0/s1. The first-order chi connectivity index (χ1) is 10.6. The molecule has 0 aromatic carbocycles. The Morgan fingerprint density at radius 3 is 2.73 bits per heavy atom. The Morgan fingerprint density at radius 1 is 1.27 bits per heavy atom. The van der Waals surface area contributed by atoms with Crippen LogP contribution < -0.4 is 0 Å². The fourth-order valence-corrected chi connectivity index (χ4v) is 3.73. The van der Waals surface area contributed by atoms with Crippen LogP contribution in [0.4, 0.5) is 0 Å². The number of nitrogens with zero attached hydrogens (tertiary/aromatic N) is 3. The zero-order valence-electron chi connectivity index (χ0n) is 13.8. The van der Waals surface area contributed by atoms with Crippen LogP contribution >= 0.6 is 0 Å². The highest BCUT2D eigenvalue weighted by Crippen LogP contribution is 2.24. The minimum Gasteiger partial charge on any atom is -0.368 e. The van der Waals surface area contributed by atoms with E-state index in [0.29, 0.717) is 12.1 Å². The summed E-state index contributed by atoms with van der Waals surface area (Å²) in [7, 11) is 0. The van der Waals surface area contributed by atoms with Gasteiger partial charge in [0.25, 0.3) is 0 Å². The third-order valence-corrected chi connectivity index (χ3v) is 4.88. The number of hydrogen-bond acceptors (Lipinski definition) is 3. The minimum absolute atomic E-state index is 0.137. The average Bonchev–Trinajstić information content (AvgIpc) is 3.14. The molecule has 1 aliphatic carbocycles. The quantitative estimate of drug-likeness (QED) is 0.859. The van der Waals surface area contributed by atoms with E-state index in [1.165, 1.54) is 18.5 Å². The summed E-state index contributed by atoms with van der Waals surface area (Å²) in [6.45, 7) is 5.96. The molecule has 0 spiro atoms. The number of likely N-dealkylation sites (tertiary alicyclic amines) is 1. The summed E-state index contributed by atoms with van der Waals surface area (Å²) in [5.74, 6) is 0.137. The molecule has 0 radical (unpaired) electrons. The van der Waals surface area contributed by atoms with Crippen LogP contribution in [0.1, 0.15) is 56.0 Å². The molecule has 122 valence electrons. The topological polar surface area (TPSA) is 47.4 Å². The summed E-state index contributed by atoms with van der Waals surface area (Å²) in [6, 6.07) is 2.40. The summed E-state index contributed by atoms with van der Waals surface area (Å²) >= 11 is 0. The van der Waals surface area contributed by atoms with E-state index in [-0.39, 0.29) is 12.5 Å². The number of amides is 1. The zero-order valence-corrected chi connectivity index (χ0v) is 13.8. The number of carbonyl (C=O) groups is 1. The van der Waals surface area contributed by atoms with Crippen LogP contribution in [-0.4, -0.2) is 46.4 Å². The molecule has 1 atom stereocenters. The molecule has 2 fully saturated rings. The minimum atomic E-state index is 0.137. The molecule has 1 saturated carbocycles. The van der Waals surface area contributed by atoms with Crippen molar-refractivity contribution in [2.75, 3.05) is 19.7 Å². The molecule has 0 N–H and O–H groups in total. The lowest BCUT2D eigenvalue weighted by Gasteiger charge is -2.33. The predicted octanol–water partition coefficient (Wildman–Crippen LogP) is 2.62. The molecule has 3 rings (SSSR count). The van der Waals surface area contributed by atoms with Gasteiger partial charge in [-0.25, -0.2) is 0 Å². The van der Waals surface area contributed by atoms with Gasteiger partial charge in [-0.3, -0.25) is 9.48 Å². The van der Waals surface area contributed by atoms with E-state index in [1.54, 1.807) is 0 Å². The largest absolute Gasteiger partial charge is 0.368 e. The third-order valence-electron chi connectivity index (χ3n) is 4.88. The Kier molecular flexibility index (Phi) is 4.81. The molecule has 1 aromatic rings. The molecule has 0 bridgehead atoms. The van der Waals surface area contributed by atoms with Gasteiger partial charge in [0.1, 0.15) is 6.61 Å². The summed E-state index contributed by atoms with van der Waals surface area (Å²) in [5.41, 5.74) is 2.23. The van der Waals surface area contributed by atoms with Crippen molar-refractivity contribution in [3.05, 3.63) is 17.5 Å². The maximum Gasteiger partial charge on any atom is 0.248 e. The Hall–Kier alpha value is -1.36. The Morgan fingerprint density at radius 2 is 2.05 bits per heavy atom. The lowest BCUT2D eigenvalue weighted by molar-refractivity contribution is -0.139. The van der Waals surface area contributed by atoms with Crippen molar-refractivity contribution in [1.82, 2.24) is 14.7 Å². The van der Waals surface area contributed by atoms with Gasteiger partial charge < -0.3 is 9.64 Å². The van der Waals surface area contributed by atoms with Crippen LogP contribution in [0.25, 0.3) is 0 Å². The van der Waals surface area contributed by atoms with Crippen LogP contribution in [0, 0.1) is 13.8 Å². The number of carbonyl (C=O) groups excluding carboxylic acids is 1. The van der Waals surface area contributed by atoms with Crippen molar-refractivity contribution in [2.24, 2.45) is 0 Å². The first kappa shape index (κ1) is 15.5. The fourth-order valence-electron chi connectivity index (χ4n) is 3.73. The van der Waals surface area contributed by atoms with Crippen LogP contribution in [0.3, 0.4) is 0 Å². The van der Waals surface area contributed by atoms with Gasteiger partial charge in [-0.05, 0) is 45.6 Å². The highest BCUT2D eigenvalue weighted by Gasteiger charge is 2.27. The summed E-state index contributed by atoms with van der Waals surface area (Å²) in [6.07, 6.45) is 7.14. The predicted molar refractivity (Wildman–Crippen MR) is 84.8 cm³/mol. The molecule has 0 unspecified atom stereocenters. The van der Waals surface area contributed by atoms with Crippen molar-refractivity contribution >= 4 is 5.91 Å². The third kappa shape index (κ3) is 3.51. The van der Waals surface area contributed by atoms with Crippen LogP contribution in [0.2, 0.25) is 0 Å². The number of rotatable bonds is 4. The van der Waals surface area contributed by atoms with E-state index in [1.807, 2.05) is 11.8 Å². The maximum atomic E-state index is 12.4. The molecule has 1 saturated heterocycles. The molecule has 1 aromatic heterocycles. The molecule has 1 aliphatic heterocycles. The van der Waals surface area contributed by atoms with E-state index in [0.717, 1.165) is 44.5 Å². The van der Waals surface area contributed by atoms with Gasteiger partial charge in [-0.2, -0.15) is 5.10 Å². The van der Waals surface area contributed by atoms with Crippen molar-refractivity contribution in [2.45, 2.75) is 64.5 Å². The van der Waals surface area contributed by atoms with Gasteiger partial charge in [0, 0.05) is 18.8 Å². The van der Waals surface area contributed by atoms with Gasteiger partial charge in [0.2, 0.25) is 5.91 Å². The molecule has 22 heavy (non-hydrogen) atoms. The van der Waals surface area contributed by atoms with E-state index in [2.05, 4.69) is 22.8 Å². The van der Waals surface area contributed by atoms with Gasteiger partial charge >= 0.3 is 0 Å². The SMILES string of the molecule is Cc1cc(C)n([C@H]2CCCN(C(=O)COC3CCCC3)C2)n1. The number of hydrogen-bond donors (Lipinski definition) is 0. The van der Waals surface area contributed by atoms with Gasteiger partial charge in [-0.15, -0.1) is 0 Å². The van der Waals surface area contributed by atoms with Crippen LogP contribution in [-0.2, 0) is 9.53 Å². The monoisotopic (exact) mass is 305 g/mol. The van der Waals surface area contributed by atoms with Crippen LogP contribution in [0.5, 0.6) is 0 Å². The molecule has 5 nitrogen and oxygen atoms in total. The lowest BCUT2D eigenvalue weighted by Crippen LogP contribution is -2.43. The lowest BCUT2D eigenvalue weighted by atomic mass is 10.1. The van der Waals surface area contributed by atoms with E-state index in [9.17, 15) is 4.79 Å².